The predicted molar refractivity (Wildman–Crippen MR) is 130 cm³/mol. The molecular formula is C27H29F3N2O4S. The largest absolute Gasteiger partial charge is 0.367 e. The zero-order valence-electron chi connectivity index (χ0n) is 20.6. The van der Waals surface area contributed by atoms with Crippen LogP contribution in [0.3, 0.4) is 0 Å². The molecule has 5 atom stereocenters. The van der Waals surface area contributed by atoms with Crippen molar-refractivity contribution in [1.82, 2.24) is 9.62 Å². The number of nitrogens with zero attached hydrogens (tertiary/aromatic N) is 1. The van der Waals surface area contributed by atoms with Crippen molar-refractivity contribution in [2.75, 3.05) is 6.61 Å². The number of piperidine rings is 1. The van der Waals surface area contributed by atoms with Gasteiger partial charge in [-0.15, -0.1) is 0 Å². The average molecular weight is 535 g/mol. The number of fused-ring (bicyclic) bond motifs is 1. The summed E-state index contributed by atoms with van der Waals surface area (Å²) in [5.41, 5.74) is 0.00499. The molecule has 4 fully saturated rings. The zero-order chi connectivity index (χ0) is 26.3. The molecule has 4 unspecified atom stereocenters. The molecule has 2 aromatic carbocycles. The maximum atomic E-state index is 15.8. The first-order chi connectivity index (χ1) is 17.5. The summed E-state index contributed by atoms with van der Waals surface area (Å²) in [6.07, 6.45) is 1.31. The molecular weight excluding hydrogens is 505 g/mol. The highest BCUT2D eigenvalue weighted by molar-refractivity contribution is 7.90. The van der Waals surface area contributed by atoms with Gasteiger partial charge in [0.15, 0.2) is 0 Å². The van der Waals surface area contributed by atoms with Gasteiger partial charge < -0.3 is 9.64 Å². The Bertz CT molecular complexity index is 1360. The molecule has 2 aliphatic carbocycles. The molecule has 2 heterocycles. The quantitative estimate of drug-likeness (QED) is 0.587. The SMILES string of the molecule is CC1(C)CO[C@@H]1C(=O)N1C2CC2C(NS(=O)(=O)C2CC2)C1Cc1cccc(-c2cc(F)cc(F)c2)c1F. The molecule has 0 radical (unpaired) electrons. The van der Waals surface area contributed by atoms with Crippen LogP contribution in [0.2, 0.25) is 0 Å². The topological polar surface area (TPSA) is 75.7 Å². The third-order valence-electron chi connectivity index (χ3n) is 8.15. The summed E-state index contributed by atoms with van der Waals surface area (Å²) in [6.45, 7) is 4.35. The summed E-state index contributed by atoms with van der Waals surface area (Å²) in [5, 5.41) is -0.424. The van der Waals surface area contributed by atoms with Gasteiger partial charge in [-0.05, 0) is 54.9 Å². The Labute approximate surface area is 214 Å². The molecule has 6 rings (SSSR count). The number of ether oxygens (including phenoxy) is 1. The van der Waals surface area contributed by atoms with Gasteiger partial charge in [-0.1, -0.05) is 32.0 Å². The van der Waals surface area contributed by atoms with Crippen LogP contribution in [0.5, 0.6) is 0 Å². The number of carbonyl (C=O) groups excluding carboxylic acids is 1. The Morgan fingerprint density at radius 3 is 2.43 bits per heavy atom. The first-order valence-electron chi connectivity index (χ1n) is 12.6. The molecule has 10 heteroatoms. The second-order valence-electron chi connectivity index (χ2n) is 11.5. The van der Waals surface area contributed by atoms with Gasteiger partial charge in [0.1, 0.15) is 23.6 Å². The van der Waals surface area contributed by atoms with Crippen LogP contribution in [0.4, 0.5) is 13.2 Å². The fraction of sp³-hybridized carbons (Fsp3) is 0.519. The van der Waals surface area contributed by atoms with E-state index in [4.69, 9.17) is 4.74 Å². The van der Waals surface area contributed by atoms with E-state index in [9.17, 15) is 22.0 Å². The fourth-order valence-corrected chi connectivity index (χ4v) is 7.59. The van der Waals surface area contributed by atoms with E-state index >= 15 is 4.39 Å². The van der Waals surface area contributed by atoms with Gasteiger partial charge in [0, 0.05) is 29.1 Å². The van der Waals surface area contributed by atoms with Gasteiger partial charge in [0.05, 0.1) is 17.9 Å². The highest BCUT2D eigenvalue weighted by Gasteiger charge is 2.63. The van der Waals surface area contributed by atoms with Crippen LogP contribution in [0.25, 0.3) is 11.1 Å². The van der Waals surface area contributed by atoms with Gasteiger partial charge in [-0.25, -0.2) is 26.3 Å². The van der Waals surface area contributed by atoms with Crippen LogP contribution in [0.1, 0.15) is 38.7 Å². The van der Waals surface area contributed by atoms with Gasteiger partial charge in [-0.3, -0.25) is 4.79 Å². The Morgan fingerprint density at radius 2 is 1.84 bits per heavy atom. The highest BCUT2D eigenvalue weighted by Crippen LogP contribution is 2.51. The lowest BCUT2D eigenvalue weighted by Crippen LogP contribution is -2.60. The second kappa shape index (κ2) is 8.54. The van der Waals surface area contributed by atoms with E-state index in [1.807, 2.05) is 13.8 Å². The first-order valence-corrected chi connectivity index (χ1v) is 14.2. The Kier molecular flexibility index (Phi) is 5.74. The second-order valence-corrected chi connectivity index (χ2v) is 13.5. The Morgan fingerprint density at radius 1 is 1.14 bits per heavy atom. The Balaban J connectivity index is 1.35. The van der Waals surface area contributed by atoms with Crippen LogP contribution in [-0.2, 0) is 26.0 Å². The van der Waals surface area contributed by atoms with Gasteiger partial charge in [0.25, 0.3) is 5.91 Å². The molecule has 0 spiro atoms. The van der Waals surface area contributed by atoms with E-state index in [1.54, 1.807) is 17.0 Å². The summed E-state index contributed by atoms with van der Waals surface area (Å²) < 4.78 is 77.7. The molecule has 2 aromatic rings. The molecule has 2 saturated heterocycles. The molecule has 0 aromatic heterocycles. The van der Waals surface area contributed by atoms with Crippen molar-refractivity contribution in [2.45, 2.75) is 69.0 Å². The molecule has 1 N–H and O–H groups in total. The number of halogens is 3. The van der Waals surface area contributed by atoms with Crippen molar-refractivity contribution < 1.29 is 31.1 Å². The number of likely N-dealkylation sites (tertiary alicyclic amines) is 1. The van der Waals surface area contributed by atoms with Crippen molar-refractivity contribution >= 4 is 15.9 Å². The maximum Gasteiger partial charge on any atom is 0.252 e. The summed E-state index contributed by atoms with van der Waals surface area (Å²) in [5.74, 6) is -2.53. The van der Waals surface area contributed by atoms with Crippen LogP contribution in [-0.4, -0.2) is 55.3 Å². The lowest BCUT2D eigenvalue weighted by Gasteiger charge is -2.46. The van der Waals surface area contributed by atoms with Crippen molar-refractivity contribution in [3.05, 3.63) is 59.4 Å². The molecule has 6 nitrogen and oxygen atoms in total. The highest BCUT2D eigenvalue weighted by atomic mass is 32.2. The van der Waals surface area contributed by atoms with Crippen molar-refractivity contribution in [3.63, 3.8) is 0 Å². The lowest BCUT2D eigenvalue weighted by atomic mass is 9.81. The van der Waals surface area contributed by atoms with E-state index in [0.717, 1.165) is 18.2 Å². The van der Waals surface area contributed by atoms with Crippen molar-refractivity contribution in [1.29, 1.82) is 0 Å². The minimum absolute atomic E-state index is 0.0375. The van der Waals surface area contributed by atoms with Crippen molar-refractivity contribution in [2.24, 2.45) is 11.3 Å². The number of hydrogen-bond acceptors (Lipinski definition) is 4. The summed E-state index contributed by atoms with van der Waals surface area (Å²) in [4.78, 5) is 15.3. The Hall–Kier alpha value is -2.43. The lowest BCUT2D eigenvalue weighted by molar-refractivity contribution is -0.194. The number of nitrogens with one attached hydrogen (secondary N) is 1. The number of rotatable bonds is 7. The standard InChI is InChI=1S/C27H29F3N2O4S/c1-27(2)13-36-25(27)26(33)32-21-12-20(21)24(31-37(34,35)18-6-7-18)22(32)10-14-4-3-5-19(23(14)30)15-8-16(28)11-17(29)9-15/h3-5,8-9,11,18,20-22,24-25,31H,6-7,10,12-13H2,1-2H3/t20?,21?,22?,24?,25-/m1/s1. The maximum absolute atomic E-state index is 15.8. The molecule has 2 aliphatic heterocycles. The first kappa shape index (κ1) is 24.9. The van der Waals surface area contributed by atoms with Crippen LogP contribution in [0, 0.1) is 28.8 Å². The van der Waals surface area contributed by atoms with Crippen LogP contribution in [0.15, 0.2) is 36.4 Å². The van der Waals surface area contributed by atoms with E-state index in [2.05, 4.69) is 4.72 Å². The number of amides is 1. The third-order valence-corrected chi connectivity index (χ3v) is 10.1. The van der Waals surface area contributed by atoms with Crippen LogP contribution < -0.4 is 4.72 Å². The normalized spacial score (nSPS) is 30.1. The predicted octanol–water partition coefficient (Wildman–Crippen LogP) is 3.79. The van der Waals surface area contributed by atoms with E-state index in [0.29, 0.717) is 25.9 Å². The summed E-state index contributed by atoms with van der Waals surface area (Å²) >= 11 is 0. The summed E-state index contributed by atoms with van der Waals surface area (Å²) in [6, 6.07) is 6.17. The van der Waals surface area contributed by atoms with Gasteiger partial charge in [0.2, 0.25) is 10.0 Å². The molecule has 0 bridgehead atoms. The monoisotopic (exact) mass is 534 g/mol. The van der Waals surface area contributed by atoms with E-state index < -0.39 is 50.9 Å². The van der Waals surface area contributed by atoms with E-state index in [1.165, 1.54) is 6.07 Å². The zero-order valence-corrected chi connectivity index (χ0v) is 21.4. The van der Waals surface area contributed by atoms with Crippen molar-refractivity contribution in [3.8, 4) is 11.1 Å². The number of hydrogen-bond donors (Lipinski definition) is 1. The minimum Gasteiger partial charge on any atom is -0.367 e. The van der Waals surface area contributed by atoms with E-state index in [-0.39, 0.29) is 46.4 Å². The summed E-state index contributed by atoms with van der Waals surface area (Å²) in [7, 11) is -3.55. The fourth-order valence-electron chi connectivity index (χ4n) is 5.93. The number of sulfonamides is 1. The molecule has 2 saturated carbocycles. The molecule has 198 valence electrons. The minimum atomic E-state index is -3.55. The molecule has 1 amide bonds. The van der Waals surface area contributed by atoms with Crippen LogP contribution >= 0.6 is 0 Å². The molecule has 4 aliphatic rings. The average Bonchev–Trinajstić information content (AvgIpc) is 3.72. The van der Waals surface area contributed by atoms with Gasteiger partial charge in [-0.2, -0.15) is 0 Å². The number of benzene rings is 2. The number of carbonyl (C=O) groups is 1. The smallest absolute Gasteiger partial charge is 0.252 e. The third kappa shape index (κ3) is 4.36. The van der Waals surface area contributed by atoms with Gasteiger partial charge >= 0.3 is 0 Å². The molecule has 37 heavy (non-hydrogen) atoms.